The van der Waals surface area contributed by atoms with E-state index in [2.05, 4.69) is 56.1 Å². The third-order valence-electron chi connectivity index (χ3n) is 14.0. The summed E-state index contributed by atoms with van der Waals surface area (Å²) in [6, 6.07) is 15.0. The number of hydrogen-bond acceptors (Lipinski definition) is 19. The zero-order valence-corrected chi connectivity index (χ0v) is 48.5. The highest BCUT2D eigenvalue weighted by atomic mass is 35.5. The summed E-state index contributed by atoms with van der Waals surface area (Å²) in [6.45, 7) is 13.1. The van der Waals surface area contributed by atoms with E-state index in [0.29, 0.717) is 80.8 Å². The van der Waals surface area contributed by atoms with E-state index in [9.17, 15) is 33.9 Å². The third-order valence-corrected chi connectivity index (χ3v) is 14.5. The number of fused-ring (bicyclic) bond motifs is 1. The van der Waals surface area contributed by atoms with Crippen molar-refractivity contribution in [3.63, 3.8) is 0 Å². The molecule has 2 aromatic carbocycles. The van der Waals surface area contributed by atoms with Crippen molar-refractivity contribution in [3.05, 3.63) is 130 Å². The topological polar surface area (TPSA) is 296 Å². The molecule has 86 heavy (non-hydrogen) atoms. The van der Waals surface area contributed by atoms with Crippen LogP contribution in [0.2, 0.25) is 5.02 Å². The molecule has 24 nitrogen and oxygen atoms in total. The number of carboxylic acid groups (broad SMARTS) is 1. The van der Waals surface area contributed by atoms with Crippen LogP contribution in [0.5, 0.6) is 23.4 Å². The molecule has 27 heteroatoms. The summed E-state index contributed by atoms with van der Waals surface area (Å²) in [6.07, 6.45) is 6.68. The highest BCUT2D eigenvalue weighted by Crippen LogP contribution is 2.37. The van der Waals surface area contributed by atoms with Gasteiger partial charge < -0.3 is 49.6 Å². The van der Waals surface area contributed by atoms with Crippen LogP contribution in [0.1, 0.15) is 85.5 Å². The largest absolute Gasteiger partial charge is 0.484 e. The van der Waals surface area contributed by atoms with Crippen molar-refractivity contribution in [2.45, 2.75) is 78.3 Å². The van der Waals surface area contributed by atoms with E-state index < -0.39 is 35.6 Å². The summed E-state index contributed by atoms with van der Waals surface area (Å²) in [5.74, 6) is -2.52. The molecule has 450 valence electrons. The molecule has 0 aliphatic carbocycles. The fourth-order valence-corrected chi connectivity index (χ4v) is 9.33. The molecule has 0 spiro atoms. The second kappa shape index (κ2) is 27.8. The van der Waals surface area contributed by atoms with Crippen LogP contribution in [0.3, 0.4) is 0 Å². The summed E-state index contributed by atoms with van der Waals surface area (Å²) in [4.78, 5) is 75.2. The Morgan fingerprint density at radius 3 is 2.43 bits per heavy atom. The summed E-state index contributed by atoms with van der Waals surface area (Å²) in [5, 5.41) is 36.1. The number of aliphatic carboxylic acids is 1. The van der Waals surface area contributed by atoms with E-state index in [1.54, 1.807) is 53.9 Å². The quantitative estimate of drug-likeness (QED) is 0.0376. The summed E-state index contributed by atoms with van der Waals surface area (Å²) < 4.78 is 60.9. The minimum atomic E-state index is -1.10. The Morgan fingerprint density at radius 2 is 1.70 bits per heavy atom. The van der Waals surface area contributed by atoms with Crippen LogP contribution in [0.25, 0.3) is 22.3 Å². The van der Waals surface area contributed by atoms with Crippen LogP contribution in [0.4, 0.5) is 14.5 Å². The first-order valence-electron chi connectivity index (χ1n) is 27.6. The zero-order valence-electron chi connectivity index (χ0n) is 47.8. The van der Waals surface area contributed by atoms with Crippen LogP contribution in [-0.4, -0.2) is 156 Å². The maximum Gasteiger partial charge on any atom is 0.326 e. The van der Waals surface area contributed by atoms with Crippen LogP contribution >= 0.6 is 11.6 Å². The van der Waals surface area contributed by atoms with Crippen molar-refractivity contribution in [3.8, 4) is 40.7 Å². The molecule has 2 aliphatic heterocycles. The first-order valence-corrected chi connectivity index (χ1v) is 28.0. The van der Waals surface area contributed by atoms with Crippen LogP contribution in [0.15, 0.2) is 85.5 Å². The molecular weight excluding hydrogens is 1140 g/mol. The molecule has 0 saturated carbocycles. The second-order valence-corrected chi connectivity index (χ2v) is 22.2. The lowest BCUT2D eigenvalue weighted by atomic mass is 9.88. The summed E-state index contributed by atoms with van der Waals surface area (Å²) >= 11 is 6.68. The van der Waals surface area contributed by atoms with E-state index in [1.807, 2.05) is 26.8 Å². The lowest BCUT2D eigenvalue weighted by Gasteiger charge is -2.38. The molecule has 2 aliphatic rings. The SMILES string of the molecule is Cc1nc2cc(F)c(-c3cnc(OCC(=O)N4CC(n5cc(COCCN6CC(OCCNC(=O)COc7cccc(Oc8ccc(C(=O)N[C@@H](CCC(C)(C)C)C(=O)O)cn8)c7)C6)nn5)C4)nc3)nc2c(N[C@H](C)c2cc(C#N)ccc2F)c1Cl. The number of aryl methyl sites for hydroxylation is 1. The monoisotopic (exact) mass is 1200 g/mol. The molecular formula is C59H63ClF2N14O10. The number of pyridine rings is 3. The van der Waals surface area contributed by atoms with Crippen LogP contribution in [0, 0.1) is 35.3 Å². The van der Waals surface area contributed by atoms with Crippen molar-refractivity contribution in [2.75, 3.05) is 71.0 Å². The number of carbonyl (C=O) groups excluding carboxylic acids is 3. The van der Waals surface area contributed by atoms with Crippen molar-refractivity contribution in [1.29, 1.82) is 5.26 Å². The van der Waals surface area contributed by atoms with Gasteiger partial charge in [0.05, 0.1) is 83.3 Å². The summed E-state index contributed by atoms with van der Waals surface area (Å²) in [7, 11) is 0. The fraction of sp³-hybridized carbons (Fsp3) is 0.390. The number of halogens is 3. The maximum absolute atomic E-state index is 15.6. The Morgan fingerprint density at radius 1 is 0.919 bits per heavy atom. The Labute approximate surface area is 498 Å². The van der Waals surface area contributed by atoms with Gasteiger partial charge in [-0.05, 0) is 68.5 Å². The van der Waals surface area contributed by atoms with Gasteiger partial charge in [-0.2, -0.15) is 5.26 Å². The van der Waals surface area contributed by atoms with Gasteiger partial charge >= 0.3 is 12.0 Å². The number of nitriles is 1. The standard InChI is InChI=1S/C59H63ClF2N14O10/c1-34(44-19-36(22-63)9-11-45(44)61)69-55-52(60)35(2)68-48-21-46(62)53(71-54(48)55)38-24-66-58(67-25-38)85-33-51(78)75-27-40(28-75)76-26-39(72-73-76)31-82-18-16-74-29-43(30-74)83-17-15-64-49(77)32-84-41-7-6-8-42(20-41)86-50-12-10-37(23-65-50)56(79)70-47(57(80)81)13-14-59(3,4)5/h6-12,19-21,23-26,34,40,43,47H,13-18,27-33H2,1-5H3,(H,64,77)(H,68,69)(H,70,79)(H,80,81)/t34-,47+/m1/s1. The number of benzene rings is 2. The highest BCUT2D eigenvalue weighted by molar-refractivity contribution is 6.35. The number of hydrogen-bond donors (Lipinski definition) is 4. The Kier molecular flexibility index (Phi) is 19.9. The molecule has 9 rings (SSSR count). The first kappa shape index (κ1) is 61.5. The van der Waals surface area contributed by atoms with Crippen LogP contribution < -0.4 is 30.2 Å². The van der Waals surface area contributed by atoms with Crippen molar-refractivity contribution in [1.82, 2.24) is 60.3 Å². The average molecular weight is 1200 g/mol. The first-order chi connectivity index (χ1) is 41.2. The van der Waals surface area contributed by atoms with E-state index in [-0.39, 0.29) is 105 Å². The lowest BCUT2D eigenvalue weighted by molar-refractivity contribution is -0.140. The average Bonchev–Trinajstić information content (AvgIpc) is 1.64. The second-order valence-electron chi connectivity index (χ2n) is 21.8. The van der Waals surface area contributed by atoms with Gasteiger partial charge in [-0.15, -0.1) is 5.10 Å². The normalized spacial score (nSPS) is 14.3. The van der Waals surface area contributed by atoms with E-state index in [1.165, 1.54) is 55.0 Å². The third kappa shape index (κ3) is 16.2. The molecule has 7 heterocycles. The lowest BCUT2D eigenvalue weighted by Crippen LogP contribution is -2.53. The van der Waals surface area contributed by atoms with Crippen molar-refractivity contribution in [2.24, 2.45) is 5.41 Å². The van der Waals surface area contributed by atoms with Gasteiger partial charge in [0.15, 0.2) is 19.0 Å². The number of nitrogens with one attached hydrogen (secondary N) is 3. The molecule has 0 radical (unpaired) electrons. The van der Waals surface area contributed by atoms with E-state index in [4.69, 9.17) is 35.3 Å². The summed E-state index contributed by atoms with van der Waals surface area (Å²) in [5.41, 5.74) is 2.46. The Hall–Kier alpha value is -9.03. The van der Waals surface area contributed by atoms with Gasteiger partial charge in [0.2, 0.25) is 5.88 Å². The molecule has 4 N–H and O–H groups in total. The molecule has 2 atom stereocenters. The van der Waals surface area contributed by atoms with Gasteiger partial charge in [0.1, 0.15) is 40.3 Å². The molecule has 0 unspecified atom stereocenters. The minimum absolute atomic E-state index is 0.0330. The number of amides is 3. The minimum Gasteiger partial charge on any atom is -0.484 e. The van der Waals surface area contributed by atoms with Crippen molar-refractivity contribution < 1.29 is 56.7 Å². The highest BCUT2D eigenvalue weighted by Gasteiger charge is 2.34. The number of rotatable bonds is 27. The molecule has 7 aromatic rings. The van der Waals surface area contributed by atoms with E-state index >= 15 is 4.39 Å². The number of aromatic nitrogens is 8. The predicted molar refractivity (Wildman–Crippen MR) is 307 cm³/mol. The Balaban J connectivity index is 0.617. The van der Waals surface area contributed by atoms with Gasteiger partial charge in [-0.1, -0.05) is 43.7 Å². The van der Waals surface area contributed by atoms with Gasteiger partial charge in [-0.25, -0.2) is 43.2 Å². The molecule has 5 aromatic heterocycles. The van der Waals surface area contributed by atoms with Gasteiger partial charge in [-0.3, -0.25) is 19.3 Å². The Bertz CT molecular complexity index is 3610. The number of likely N-dealkylation sites (tertiary alicyclic amines) is 2. The maximum atomic E-state index is 15.6. The number of ether oxygens (including phenoxy) is 5. The molecule has 2 fully saturated rings. The van der Waals surface area contributed by atoms with Gasteiger partial charge in [0.25, 0.3) is 17.7 Å². The van der Waals surface area contributed by atoms with Crippen molar-refractivity contribution >= 4 is 52.0 Å². The van der Waals surface area contributed by atoms with Gasteiger partial charge in [0, 0.05) is 87.2 Å². The fourth-order valence-electron chi connectivity index (χ4n) is 9.15. The van der Waals surface area contributed by atoms with E-state index in [0.717, 1.165) is 13.1 Å². The predicted octanol–water partition coefficient (Wildman–Crippen LogP) is 7.03. The zero-order chi connectivity index (χ0) is 61.1. The number of carbonyl (C=O) groups is 4. The molecule has 2 saturated heterocycles. The molecule has 3 amide bonds. The number of anilines is 1. The number of carboxylic acids is 1. The molecule has 0 bridgehead atoms. The smallest absolute Gasteiger partial charge is 0.326 e. The number of nitrogens with zero attached hydrogens (tertiary/aromatic N) is 11. The van der Waals surface area contributed by atoms with Crippen LogP contribution in [-0.2, 0) is 30.5 Å².